The van der Waals surface area contributed by atoms with Gasteiger partial charge in [0.05, 0.1) is 23.6 Å². The van der Waals surface area contributed by atoms with Crippen molar-refractivity contribution in [3.05, 3.63) is 35.4 Å². The smallest absolute Gasteiger partial charge is 0.343 e. The number of hydrogen-bond acceptors (Lipinski definition) is 2. The Bertz CT molecular complexity index is 738. The van der Waals surface area contributed by atoms with Gasteiger partial charge in [0.1, 0.15) is 0 Å². The number of nitrogens with one attached hydrogen (secondary N) is 1. The Morgan fingerprint density at radius 3 is 2.79 bits per heavy atom. The molecule has 28 heavy (non-hydrogen) atoms. The van der Waals surface area contributed by atoms with Crippen LogP contribution in [0.3, 0.4) is 0 Å². The molecule has 1 aromatic carbocycles. The van der Waals surface area contributed by atoms with Gasteiger partial charge in [-0.2, -0.15) is 13.2 Å². The van der Waals surface area contributed by atoms with Gasteiger partial charge in [-0.15, -0.1) is 0 Å². The fourth-order valence-electron chi connectivity index (χ4n) is 4.25. The highest BCUT2D eigenvalue weighted by Crippen LogP contribution is 2.33. The van der Waals surface area contributed by atoms with E-state index in [0.29, 0.717) is 31.5 Å². The average Bonchev–Trinajstić information content (AvgIpc) is 2.95. The molecule has 2 aliphatic rings. The Kier molecular flexibility index (Phi) is 5.86. The zero-order chi connectivity index (χ0) is 20.5. The normalized spacial score (nSPS) is 23.5. The van der Waals surface area contributed by atoms with Crippen molar-refractivity contribution in [2.45, 2.75) is 50.9 Å². The number of likely N-dealkylation sites (tertiary alicyclic amines) is 2. The monoisotopic (exact) mass is 397 g/mol. The van der Waals surface area contributed by atoms with E-state index in [-0.39, 0.29) is 23.9 Å². The number of nitrogens with zero attached hydrogens (tertiary/aromatic N) is 2. The molecular weight excluding hydrogens is 371 g/mol. The summed E-state index contributed by atoms with van der Waals surface area (Å²) >= 11 is 0. The Morgan fingerprint density at radius 1 is 1.36 bits per heavy atom. The molecule has 0 radical (unpaired) electrons. The van der Waals surface area contributed by atoms with Crippen molar-refractivity contribution >= 4 is 11.9 Å². The van der Waals surface area contributed by atoms with E-state index in [1.807, 2.05) is 6.92 Å². The first-order valence-corrected chi connectivity index (χ1v) is 9.71. The minimum atomic E-state index is -4.42. The summed E-state index contributed by atoms with van der Waals surface area (Å²) in [5, 5.41) is 2.91. The van der Waals surface area contributed by atoms with E-state index in [1.54, 1.807) is 22.9 Å². The maximum atomic E-state index is 13.1. The van der Waals surface area contributed by atoms with Crippen LogP contribution in [0.25, 0.3) is 0 Å². The van der Waals surface area contributed by atoms with E-state index < -0.39 is 17.8 Å². The number of hydrogen-bond donors (Lipinski definition) is 1. The first-order chi connectivity index (χ1) is 13.2. The summed E-state index contributed by atoms with van der Waals surface area (Å²) in [6.07, 6.45) is -1.66. The van der Waals surface area contributed by atoms with Gasteiger partial charge in [0, 0.05) is 20.1 Å². The number of fused-ring (bicyclic) bond motifs is 1. The van der Waals surface area contributed by atoms with Crippen LogP contribution in [0, 0.1) is 5.92 Å². The van der Waals surface area contributed by atoms with Gasteiger partial charge >= 0.3 is 12.2 Å². The van der Waals surface area contributed by atoms with Crippen LogP contribution in [-0.4, -0.2) is 47.9 Å². The predicted molar refractivity (Wildman–Crippen MR) is 98.5 cm³/mol. The Morgan fingerprint density at radius 2 is 2.11 bits per heavy atom. The second-order valence-electron chi connectivity index (χ2n) is 7.64. The molecule has 3 rings (SSSR count). The first-order valence-electron chi connectivity index (χ1n) is 9.71. The number of likely N-dealkylation sites (N-methyl/N-ethyl adjacent to an activating group) is 1. The third kappa shape index (κ3) is 4.10. The van der Waals surface area contributed by atoms with Gasteiger partial charge in [-0.05, 0) is 37.0 Å². The van der Waals surface area contributed by atoms with Crippen molar-refractivity contribution < 1.29 is 22.8 Å². The van der Waals surface area contributed by atoms with Crippen molar-refractivity contribution in [2.24, 2.45) is 5.92 Å². The quantitative estimate of drug-likeness (QED) is 0.840. The molecule has 2 aliphatic heterocycles. The molecule has 0 aromatic heterocycles. The maximum absolute atomic E-state index is 13.1. The van der Waals surface area contributed by atoms with E-state index >= 15 is 0 Å². The van der Waals surface area contributed by atoms with Crippen LogP contribution in [0.15, 0.2) is 24.3 Å². The van der Waals surface area contributed by atoms with Gasteiger partial charge in [-0.1, -0.05) is 25.5 Å². The lowest BCUT2D eigenvalue weighted by Crippen LogP contribution is -2.53. The average molecular weight is 397 g/mol. The van der Waals surface area contributed by atoms with Gasteiger partial charge in [0.15, 0.2) is 0 Å². The molecule has 2 fully saturated rings. The number of rotatable bonds is 4. The largest absolute Gasteiger partial charge is 0.416 e. The molecule has 1 unspecified atom stereocenters. The second kappa shape index (κ2) is 8.01. The minimum absolute atomic E-state index is 0.0606. The zero-order valence-electron chi connectivity index (χ0n) is 16.1. The predicted octanol–water partition coefficient (Wildman–Crippen LogP) is 3.81. The van der Waals surface area contributed by atoms with E-state index in [4.69, 9.17) is 0 Å². The summed E-state index contributed by atoms with van der Waals surface area (Å²) in [6, 6.07) is 4.13. The number of amides is 3. The van der Waals surface area contributed by atoms with Gasteiger partial charge in [-0.3, -0.25) is 4.79 Å². The number of carbonyl (C=O) groups excluding carboxylic acids is 2. The molecule has 3 amide bonds. The molecule has 2 saturated heterocycles. The third-order valence-corrected chi connectivity index (χ3v) is 5.69. The lowest BCUT2D eigenvalue weighted by atomic mass is 9.91. The summed E-state index contributed by atoms with van der Waals surface area (Å²) in [4.78, 5) is 28.5. The Balaban J connectivity index is 1.77. The van der Waals surface area contributed by atoms with Crippen molar-refractivity contribution in [1.29, 1.82) is 0 Å². The molecule has 1 aromatic rings. The lowest BCUT2D eigenvalue weighted by Gasteiger charge is -2.37. The van der Waals surface area contributed by atoms with Crippen LogP contribution < -0.4 is 5.32 Å². The molecule has 8 heteroatoms. The first kappa shape index (κ1) is 20.5. The number of carbonyl (C=O) groups is 2. The molecule has 0 aliphatic carbocycles. The molecule has 5 nitrogen and oxygen atoms in total. The van der Waals surface area contributed by atoms with E-state index in [1.165, 1.54) is 6.07 Å². The number of piperidine rings is 1. The molecule has 2 heterocycles. The zero-order valence-corrected chi connectivity index (χ0v) is 16.1. The summed E-state index contributed by atoms with van der Waals surface area (Å²) in [7, 11) is 1.74. The van der Waals surface area contributed by atoms with Crippen LogP contribution in [0.5, 0.6) is 0 Å². The highest BCUT2D eigenvalue weighted by molar-refractivity contribution is 5.84. The molecule has 0 saturated carbocycles. The molecule has 0 spiro atoms. The van der Waals surface area contributed by atoms with Crippen LogP contribution >= 0.6 is 0 Å². The van der Waals surface area contributed by atoms with Crippen LogP contribution in [-0.2, 0) is 11.0 Å². The number of urea groups is 1. The van der Waals surface area contributed by atoms with Crippen molar-refractivity contribution in [3.8, 4) is 0 Å². The van der Waals surface area contributed by atoms with E-state index in [9.17, 15) is 22.8 Å². The maximum Gasteiger partial charge on any atom is 0.416 e. The standard InChI is InChI=1S/C20H26F3N3O2/c1-3-6-16(13-7-4-8-14(11-13)20(21,22)23)24-19(28)26-10-5-9-15-17(26)12-25(2)18(15)27/h4,7-8,11,15-17H,3,5-6,9-10,12H2,1-2H3,(H,24,28)/t15-,16?,17-/m1/s1. The second-order valence-corrected chi connectivity index (χ2v) is 7.64. The SMILES string of the molecule is CCCC(NC(=O)N1CCC[C@H]2C(=O)N(C)C[C@H]21)c1cccc(C(F)(F)F)c1. The van der Waals surface area contributed by atoms with Crippen LogP contribution in [0.4, 0.5) is 18.0 Å². The topological polar surface area (TPSA) is 52.7 Å². The summed E-state index contributed by atoms with van der Waals surface area (Å²) in [5.41, 5.74) is -0.278. The Hall–Kier alpha value is -2.25. The van der Waals surface area contributed by atoms with Gasteiger partial charge in [-0.25, -0.2) is 4.79 Å². The third-order valence-electron chi connectivity index (χ3n) is 5.69. The number of halogens is 3. The van der Waals surface area contributed by atoms with E-state index in [0.717, 1.165) is 25.0 Å². The van der Waals surface area contributed by atoms with Crippen LogP contribution in [0.1, 0.15) is 49.8 Å². The Labute approximate surface area is 162 Å². The number of benzene rings is 1. The van der Waals surface area contributed by atoms with Crippen molar-refractivity contribution in [1.82, 2.24) is 15.1 Å². The number of alkyl halides is 3. The fraction of sp³-hybridized carbons (Fsp3) is 0.600. The van der Waals surface area contributed by atoms with Crippen molar-refractivity contribution in [3.63, 3.8) is 0 Å². The fourth-order valence-corrected chi connectivity index (χ4v) is 4.25. The van der Waals surface area contributed by atoms with Gasteiger partial charge < -0.3 is 15.1 Å². The van der Waals surface area contributed by atoms with E-state index in [2.05, 4.69) is 5.32 Å². The summed E-state index contributed by atoms with van der Waals surface area (Å²) < 4.78 is 39.2. The molecular formula is C20H26F3N3O2. The molecule has 1 N–H and O–H groups in total. The molecule has 0 bridgehead atoms. The summed E-state index contributed by atoms with van der Waals surface area (Å²) in [6.45, 7) is 2.97. The minimum Gasteiger partial charge on any atom is -0.343 e. The van der Waals surface area contributed by atoms with Crippen LogP contribution in [0.2, 0.25) is 0 Å². The van der Waals surface area contributed by atoms with Crippen molar-refractivity contribution in [2.75, 3.05) is 20.1 Å². The molecule has 154 valence electrons. The molecule has 3 atom stereocenters. The van der Waals surface area contributed by atoms with Gasteiger partial charge in [0.25, 0.3) is 0 Å². The van der Waals surface area contributed by atoms with Gasteiger partial charge in [0.2, 0.25) is 5.91 Å². The summed E-state index contributed by atoms with van der Waals surface area (Å²) in [5.74, 6) is -0.117. The lowest BCUT2D eigenvalue weighted by molar-refractivity contribution is -0.137. The highest BCUT2D eigenvalue weighted by atomic mass is 19.4. The highest BCUT2D eigenvalue weighted by Gasteiger charge is 2.45.